The van der Waals surface area contributed by atoms with E-state index in [0.717, 1.165) is 127 Å². The molecule has 0 aromatic carbocycles. The van der Waals surface area contributed by atoms with E-state index in [-0.39, 0.29) is 25.7 Å². The molecule has 0 aromatic heterocycles. The fourth-order valence-corrected chi connectivity index (χ4v) is 11.8. The third-order valence-electron chi connectivity index (χ3n) is 15.8. The number of hydrogen-bond acceptors (Lipinski definition) is 15. The Hall–Kier alpha value is -2.46. The zero-order chi connectivity index (χ0) is 66.6. The Balaban J connectivity index is 5.28. The highest BCUT2D eigenvalue weighted by Gasteiger charge is 2.30. The molecule has 19 heteroatoms. The highest BCUT2D eigenvalue weighted by atomic mass is 31.2. The van der Waals surface area contributed by atoms with Gasteiger partial charge in [-0.2, -0.15) is 0 Å². The summed E-state index contributed by atoms with van der Waals surface area (Å²) in [4.78, 5) is 72.5. The Kier molecular flexibility index (Phi) is 59.7. The van der Waals surface area contributed by atoms with Crippen LogP contribution in [-0.4, -0.2) is 96.7 Å². The minimum atomic E-state index is -4.96. The average Bonchev–Trinajstić information content (AvgIpc) is 2.75. The minimum absolute atomic E-state index is 0.0985. The van der Waals surface area contributed by atoms with E-state index < -0.39 is 97.5 Å². The van der Waals surface area contributed by atoms with E-state index in [1.165, 1.54) is 116 Å². The third-order valence-corrected chi connectivity index (χ3v) is 17.7. The van der Waals surface area contributed by atoms with Crippen LogP contribution in [0.2, 0.25) is 0 Å². The monoisotopic (exact) mass is 1320 g/mol. The van der Waals surface area contributed by atoms with Gasteiger partial charge in [0.25, 0.3) is 0 Å². The molecule has 0 spiro atoms. The van der Waals surface area contributed by atoms with E-state index in [2.05, 4.69) is 72.8 Å². The molecule has 0 fully saturated rings. The second-order valence-corrected chi connectivity index (χ2v) is 29.3. The van der Waals surface area contributed by atoms with Gasteiger partial charge < -0.3 is 33.8 Å². The number of unbranched alkanes of at least 4 members (excludes halogenated alkanes) is 32. The molecule has 0 aromatic rings. The maximum atomic E-state index is 13.0. The maximum absolute atomic E-state index is 13.0. The molecule has 0 bridgehead atoms. The second kappa shape index (κ2) is 61.4. The van der Waals surface area contributed by atoms with Crippen LogP contribution in [0.5, 0.6) is 0 Å². The molecule has 0 aliphatic rings. The second-order valence-electron chi connectivity index (χ2n) is 26.4. The number of carbonyl (C=O) groups excluding carboxylic acids is 4. The molecule has 90 heavy (non-hydrogen) atoms. The first kappa shape index (κ1) is 87.5. The zero-order valence-electron chi connectivity index (χ0n) is 58.1. The van der Waals surface area contributed by atoms with Crippen LogP contribution in [0.25, 0.3) is 0 Å². The molecular formula is C71H134O17P2. The molecule has 0 heterocycles. The summed E-state index contributed by atoms with van der Waals surface area (Å²) in [6.07, 6.45) is 48.2. The zero-order valence-corrected chi connectivity index (χ0v) is 59.9. The van der Waals surface area contributed by atoms with Gasteiger partial charge in [-0.25, -0.2) is 9.13 Å². The molecule has 0 saturated carbocycles. The van der Waals surface area contributed by atoms with Crippen LogP contribution >= 0.6 is 15.6 Å². The number of hydrogen-bond donors (Lipinski definition) is 3. The number of aliphatic hydroxyl groups is 1. The highest BCUT2D eigenvalue weighted by Crippen LogP contribution is 2.45. The fourth-order valence-electron chi connectivity index (χ4n) is 10.2. The van der Waals surface area contributed by atoms with Gasteiger partial charge in [0, 0.05) is 25.7 Å². The number of rotatable bonds is 67. The van der Waals surface area contributed by atoms with Crippen molar-refractivity contribution in [1.82, 2.24) is 0 Å². The average molecular weight is 1320 g/mol. The van der Waals surface area contributed by atoms with E-state index in [1.54, 1.807) is 0 Å². The number of aliphatic hydroxyl groups excluding tert-OH is 1. The molecule has 0 radical (unpaired) electrons. The van der Waals surface area contributed by atoms with E-state index in [0.29, 0.717) is 31.6 Å². The van der Waals surface area contributed by atoms with Crippen molar-refractivity contribution in [3.8, 4) is 0 Å². The SMILES string of the molecule is CCCCCC/C=C\C=C/CCCCCCCC(=O)OC[C@H](COP(=O)(O)OC[C@@H](O)COP(=O)(O)OC[C@@H](COC(=O)CCCCCCCCC(C)C)OC(=O)CCCCCCCCCCCCC(C)C)OC(=O)CCCCCCCCCCCCC(C)C. The molecule has 530 valence electrons. The Morgan fingerprint density at radius 1 is 0.344 bits per heavy atom. The van der Waals surface area contributed by atoms with Crippen LogP contribution in [0.15, 0.2) is 24.3 Å². The van der Waals surface area contributed by atoms with Crippen molar-refractivity contribution in [2.24, 2.45) is 17.8 Å². The molecule has 0 rings (SSSR count). The van der Waals surface area contributed by atoms with E-state index >= 15 is 0 Å². The van der Waals surface area contributed by atoms with E-state index in [9.17, 15) is 43.2 Å². The Bertz CT molecular complexity index is 1860. The topological polar surface area (TPSA) is 237 Å². The Morgan fingerprint density at radius 3 is 0.900 bits per heavy atom. The number of esters is 4. The number of phosphoric acid groups is 2. The van der Waals surface area contributed by atoms with Crippen molar-refractivity contribution in [2.75, 3.05) is 39.6 Å². The van der Waals surface area contributed by atoms with Crippen LogP contribution in [0.3, 0.4) is 0 Å². The molecule has 2 unspecified atom stereocenters. The van der Waals surface area contributed by atoms with Crippen molar-refractivity contribution in [1.29, 1.82) is 0 Å². The molecule has 0 saturated heterocycles. The standard InChI is InChI=1S/C71H134O17P2/c1-8-9-10-11-12-13-14-15-16-17-18-25-30-38-45-52-68(73)81-58-66(87-70(75)54-47-40-31-26-21-19-23-28-35-42-49-62(2)3)60-85-89(77,78)83-56-65(72)57-84-90(79,80)86-61-67(59-82-69(74)53-46-39-34-33-37-44-51-64(6)7)88-71(76)55-48-41-32-27-22-20-24-29-36-43-50-63(4)5/h13-16,62-67,72H,8-12,17-61H2,1-7H3,(H,77,78)(H,79,80)/b14-13-,16-15-/t65-,66-,67-/m1/s1. The number of phosphoric ester groups is 2. The first-order chi connectivity index (χ1) is 43.2. The summed E-state index contributed by atoms with van der Waals surface area (Å²) >= 11 is 0. The van der Waals surface area contributed by atoms with Crippen molar-refractivity contribution in [2.45, 2.75) is 349 Å². The lowest BCUT2D eigenvalue weighted by Gasteiger charge is -2.21. The molecule has 0 amide bonds. The van der Waals surface area contributed by atoms with Gasteiger partial charge in [0.15, 0.2) is 12.2 Å². The van der Waals surface area contributed by atoms with Gasteiger partial charge in [0.05, 0.1) is 26.4 Å². The summed E-state index contributed by atoms with van der Waals surface area (Å²) in [7, 11) is -9.91. The highest BCUT2D eigenvalue weighted by molar-refractivity contribution is 7.47. The van der Waals surface area contributed by atoms with Crippen molar-refractivity contribution < 1.29 is 80.2 Å². The van der Waals surface area contributed by atoms with Crippen LogP contribution in [0.4, 0.5) is 0 Å². The van der Waals surface area contributed by atoms with Gasteiger partial charge in [-0.05, 0) is 69.1 Å². The lowest BCUT2D eigenvalue weighted by atomic mass is 10.0. The van der Waals surface area contributed by atoms with Gasteiger partial charge in [-0.1, -0.05) is 278 Å². The Labute approximate surface area is 548 Å². The first-order valence-corrected chi connectivity index (χ1v) is 39.2. The van der Waals surface area contributed by atoms with Crippen molar-refractivity contribution in [3.05, 3.63) is 24.3 Å². The first-order valence-electron chi connectivity index (χ1n) is 36.2. The lowest BCUT2D eigenvalue weighted by molar-refractivity contribution is -0.161. The quantitative estimate of drug-likeness (QED) is 0.0169. The molecule has 17 nitrogen and oxygen atoms in total. The van der Waals surface area contributed by atoms with Crippen LogP contribution < -0.4 is 0 Å². The lowest BCUT2D eigenvalue weighted by Crippen LogP contribution is -2.30. The van der Waals surface area contributed by atoms with Crippen LogP contribution in [-0.2, 0) is 65.4 Å². The number of allylic oxidation sites excluding steroid dienone is 4. The largest absolute Gasteiger partial charge is 0.472 e. The summed E-state index contributed by atoms with van der Waals surface area (Å²) < 4.78 is 68.2. The van der Waals surface area contributed by atoms with Crippen LogP contribution in [0, 0.1) is 17.8 Å². The summed E-state index contributed by atoms with van der Waals surface area (Å²) in [5, 5.41) is 10.6. The Morgan fingerprint density at radius 2 is 0.600 bits per heavy atom. The van der Waals surface area contributed by atoms with E-state index in [4.69, 9.17) is 37.0 Å². The van der Waals surface area contributed by atoms with Gasteiger partial charge in [-0.3, -0.25) is 37.3 Å². The summed E-state index contributed by atoms with van der Waals surface area (Å²) in [6, 6.07) is 0. The predicted molar refractivity (Wildman–Crippen MR) is 363 cm³/mol. The number of ether oxygens (including phenoxy) is 4. The molecule has 3 N–H and O–H groups in total. The van der Waals surface area contributed by atoms with Crippen molar-refractivity contribution in [3.63, 3.8) is 0 Å². The summed E-state index contributed by atoms with van der Waals surface area (Å²) in [6.45, 7) is 11.7. The minimum Gasteiger partial charge on any atom is -0.462 e. The van der Waals surface area contributed by atoms with Gasteiger partial charge in [0.1, 0.15) is 19.3 Å². The molecule has 0 aliphatic heterocycles. The summed E-state index contributed by atoms with van der Waals surface area (Å²) in [5.74, 6) is 0.0196. The van der Waals surface area contributed by atoms with Crippen LogP contribution in [0.1, 0.15) is 331 Å². The van der Waals surface area contributed by atoms with Gasteiger partial charge >= 0.3 is 39.5 Å². The fraction of sp³-hybridized carbons (Fsp3) is 0.887. The summed E-state index contributed by atoms with van der Waals surface area (Å²) in [5.41, 5.74) is 0. The van der Waals surface area contributed by atoms with E-state index in [1.807, 2.05) is 0 Å². The number of carbonyl (C=O) groups is 4. The molecule has 5 atom stereocenters. The predicted octanol–water partition coefficient (Wildman–Crippen LogP) is 19.8. The normalized spacial score (nSPS) is 14.4. The maximum Gasteiger partial charge on any atom is 0.472 e. The van der Waals surface area contributed by atoms with Gasteiger partial charge in [-0.15, -0.1) is 0 Å². The van der Waals surface area contributed by atoms with Gasteiger partial charge in [0.2, 0.25) is 0 Å². The molecule has 0 aliphatic carbocycles. The third kappa shape index (κ3) is 64.3. The van der Waals surface area contributed by atoms with Crippen molar-refractivity contribution >= 4 is 39.5 Å². The molecular weight excluding hydrogens is 1190 g/mol. The smallest absolute Gasteiger partial charge is 0.462 e.